The normalized spacial score (nSPS) is 20.1. The van der Waals surface area contributed by atoms with Gasteiger partial charge < -0.3 is 24.0 Å². The quantitative estimate of drug-likeness (QED) is 0.186. The van der Waals surface area contributed by atoms with Gasteiger partial charge in [0.15, 0.2) is 0 Å². The van der Waals surface area contributed by atoms with Gasteiger partial charge in [0.05, 0.1) is 41.9 Å². The fourth-order valence-corrected chi connectivity index (χ4v) is 6.64. The predicted octanol–water partition coefficient (Wildman–Crippen LogP) is 4.97. The molecule has 0 amide bonds. The van der Waals surface area contributed by atoms with Crippen LogP contribution in [0.15, 0.2) is 84.3 Å². The maximum atomic E-state index is 12.8. The first-order chi connectivity index (χ1) is 23.8. The van der Waals surface area contributed by atoms with Crippen molar-refractivity contribution >= 4 is 34.6 Å². The maximum Gasteiger partial charge on any atom is 0.351 e. The average Bonchev–Trinajstić information content (AvgIpc) is 3.88. The van der Waals surface area contributed by atoms with Gasteiger partial charge in [0.1, 0.15) is 37.2 Å². The third kappa shape index (κ3) is 7.02. The van der Waals surface area contributed by atoms with Gasteiger partial charge in [0, 0.05) is 42.5 Å². The summed E-state index contributed by atoms with van der Waals surface area (Å²) in [5, 5.41) is 13.7. The van der Waals surface area contributed by atoms with Crippen LogP contribution in [0.2, 0.25) is 10.0 Å². The Hall–Kier alpha value is -4.43. The summed E-state index contributed by atoms with van der Waals surface area (Å²) in [6.07, 6.45) is 7.05. The molecule has 0 radical (unpaired) electrons. The number of halogens is 2. The van der Waals surface area contributed by atoms with Crippen LogP contribution in [0.3, 0.4) is 0 Å². The zero-order valence-corrected chi connectivity index (χ0v) is 28.7. The van der Waals surface area contributed by atoms with Crippen molar-refractivity contribution in [3.05, 3.63) is 106 Å². The Balaban J connectivity index is 0.925. The standard InChI is InChI=1S/C34H37Cl2N9O4/c1-3-24(2)45-33(46)43(23-40-45)32-11-7-27(19-37-32)42-16-14-41(15-17-42)26-5-8-28(9-6-26)47-20-29-21-48-34(49-29,22-44-38-12-13-39-44)30-10-4-25(35)18-31(30)36/h4-13,18-19,23-24,29H,3,14-17,20-22H2,1-2H3. The summed E-state index contributed by atoms with van der Waals surface area (Å²) < 4.78 is 21.8. The molecule has 2 aliphatic rings. The van der Waals surface area contributed by atoms with Crippen molar-refractivity contribution in [2.45, 2.75) is 44.7 Å². The Morgan fingerprint density at radius 3 is 2.35 bits per heavy atom. The molecule has 2 saturated heterocycles. The number of hydrogen-bond acceptors (Lipinski definition) is 10. The second-order valence-corrected chi connectivity index (χ2v) is 13.0. The van der Waals surface area contributed by atoms with Gasteiger partial charge in [0.25, 0.3) is 0 Å². The molecule has 0 aliphatic carbocycles. The molecular weight excluding hydrogens is 669 g/mol. The number of pyridine rings is 1. The van der Waals surface area contributed by atoms with E-state index in [9.17, 15) is 4.79 Å². The molecule has 2 aromatic carbocycles. The van der Waals surface area contributed by atoms with Gasteiger partial charge in [-0.1, -0.05) is 36.2 Å². The number of piperazine rings is 1. The number of aromatic nitrogens is 7. The van der Waals surface area contributed by atoms with Crippen molar-refractivity contribution in [1.82, 2.24) is 34.3 Å². The molecule has 3 atom stereocenters. The lowest BCUT2D eigenvalue weighted by Crippen LogP contribution is -2.46. The van der Waals surface area contributed by atoms with Crippen LogP contribution >= 0.6 is 23.2 Å². The first kappa shape index (κ1) is 33.1. The lowest BCUT2D eigenvalue weighted by molar-refractivity contribution is -0.192. The van der Waals surface area contributed by atoms with Crippen molar-refractivity contribution in [1.29, 1.82) is 0 Å². The number of hydrogen-bond donors (Lipinski definition) is 0. The van der Waals surface area contributed by atoms with Crippen molar-refractivity contribution in [2.24, 2.45) is 0 Å². The van der Waals surface area contributed by atoms with Crippen molar-refractivity contribution in [2.75, 3.05) is 49.2 Å². The van der Waals surface area contributed by atoms with Gasteiger partial charge >= 0.3 is 5.69 Å². The fraction of sp³-hybridized carbons (Fsp3) is 0.382. The van der Waals surface area contributed by atoms with Crippen molar-refractivity contribution in [3.63, 3.8) is 0 Å². The molecule has 5 aromatic rings. The number of benzene rings is 2. The van der Waals surface area contributed by atoms with Crippen LogP contribution in [-0.4, -0.2) is 79.8 Å². The third-order valence-corrected chi connectivity index (χ3v) is 9.53. The highest BCUT2D eigenvalue weighted by Crippen LogP contribution is 2.40. The molecule has 0 bridgehead atoms. The summed E-state index contributed by atoms with van der Waals surface area (Å²) in [5.74, 6) is 0.116. The number of ether oxygens (including phenoxy) is 3. The van der Waals surface area contributed by atoms with Crippen LogP contribution in [0.25, 0.3) is 5.82 Å². The van der Waals surface area contributed by atoms with E-state index in [2.05, 4.69) is 42.2 Å². The number of rotatable bonds is 11. The Morgan fingerprint density at radius 1 is 0.959 bits per heavy atom. The predicted molar refractivity (Wildman–Crippen MR) is 186 cm³/mol. The number of nitrogens with zero attached hydrogens (tertiary/aromatic N) is 9. The second-order valence-electron chi connectivity index (χ2n) is 12.1. The molecule has 49 heavy (non-hydrogen) atoms. The van der Waals surface area contributed by atoms with Gasteiger partial charge in [-0.15, -0.1) is 0 Å². The van der Waals surface area contributed by atoms with E-state index in [1.54, 1.807) is 30.6 Å². The molecule has 2 aliphatic heterocycles. The molecule has 0 spiro atoms. The third-order valence-electron chi connectivity index (χ3n) is 8.98. The average molecular weight is 707 g/mol. The van der Waals surface area contributed by atoms with E-state index in [0.29, 0.717) is 34.6 Å². The summed E-state index contributed by atoms with van der Waals surface area (Å²) in [5.41, 5.74) is 2.62. The van der Waals surface area contributed by atoms with E-state index in [4.69, 9.17) is 37.4 Å². The Bertz CT molecular complexity index is 1910. The maximum absolute atomic E-state index is 12.8. The topological polar surface area (TPSA) is 118 Å². The lowest BCUT2D eigenvalue weighted by atomic mass is 10.1. The SMILES string of the molecule is CCC(C)n1ncn(-c2ccc(N3CCN(c4ccc(OCC5COC(Cn6nccn6)(c6ccc(Cl)cc6Cl)O5)cc4)CC3)cn2)c1=O. The molecule has 0 N–H and O–H groups in total. The zero-order valence-electron chi connectivity index (χ0n) is 27.2. The molecule has 13 nitrogen and oxygen atoms in total. The van der Waals surface area contributed by atoms with E-state index < -0.39 is 5.79 Å². The first-order valence-electron chi connectivity index (χ1n) is 16.3. The molecule has 0 saturated carbocycles. The van der Waals surface area contributed by atoms with Crippen LogP contribution in [0.4, 0.5) is 11.4 Å². The highest BCUT2D eigenvalue weighted by Gasteiger charge is 2.46. The Morgan fingerprint density at radius 2 is 1.67 bits per heavy atom. The van der Waals surface area contributed by atoms with Gasteiger partial charge in [-0.05, 0) is 61.9 Å². The summed E-state index contributed by atoms with van der Waals surface area (Å²) in [6, 6.07) is 17.2. The van der Waals surface area contributed by atoms with E-state index in [0.717, 1.165) is 49.7 Å². The summed E-state index contributed by atoms with van der Waals surface area (Å²) >= 11 is 12.7. The molecular formula is C34H37Cl2N9O4. The van der Waals surface area contributed by atoms with Crippen LogP contribution in [0, 0.1) is 0 Å². The highest BCUT2D eigenvalue weighted by atomic mass is 35.5. The summed E-state index contributed by atoms with van der Waals surface area (Å²) in [4.78, 5) is 23.5. The van der Waals surface area contributed by atoms with Crippen molar-refractivity contribution in [3.8, 4) is 11.6 Å². The smallest absolute Gasteiger partial charge is 0.351 e. The minimum atomic E-state index is -1.18. The Labute approximate surface area is 293 Å². The second kappa shape index (κ2) is 14.2. The van der Waals surface area contributed by atoms with Gasteiger partial charge in [0.2, 0.25) is 5.79 Å². The van der Waals surface area contributed by atoms with Gasteiger partial charge in [-0.2, -0.15) is 20.1 Å². The molecule has 256 valence electrons. The van der Waals surface area contributed by atoms with Crippen LogP contribution < -0.4 is 20.2 Å². The van der Waals surface area contributed by atoms with Crippen LogP contribution in [0.5, 0.6) is 5.75 Å². The van der Waals surface area contributed by atoms with E-state index in [-0.39, 0.29) is 24.4 Å². The van der Waals surface area contributed by atoms with E-state index in [1.165, 1.54) is 20.4 Å². The minimum Gasteiger partial charge on any atom is -0.491 e. The number of anilines is 2. The highest BCUT2D eigenvalue weighted by molar-refractivity contribution is 6.35. The summed E-state index contributed by atoms with van der Waals surface area (Å²) in [6.45, 7) is 8.23. The van der Waals surface area contributed by atoms with Gasteiger partial charge in [-0.3, -0.25) is 0 Å². The van der Waals surface area contributed by atoms with E-state index in [1.807, 2.05) is 44.3 Å². The monoisotopic (exact) mass is 705 g/mol. The molecule has 5 heterocycles. The Kier molecular flexibility index (Phi) is 9.59. The van der Waals surface area contributed by atoms with Crippen molar-refractivity contribution < 1.29 is 14.2 Å². The van der Waals surface area contributed by atoms with Crippen LogP contribution in [-0.2, 0) is 21.8 Å². The lowest BCUT2D eigenvalue weighted by Gasteiger charge is -2.37. The largest absolute Gasteiger partial charge is 0.491 e. The summed E-state index contributed by atoms with van der Waals surface area (Å²) in [7, 11) is 0. The molecule has 15 heteroatoms. The van der Waals surface area contributed by atoms with Crippen LogP contribution in [0.1, 0.15) is 31.9 Å². The zero-order chi connectivity index (χ0) is 34.0. The molecule has 2 fully saturated rings. The molecule has 3 aromatic heterocycles. The molecule has 3 unspecified atom stereocenters. The van der Waals surface area contributed by atoms with Gasteiger partial charge in [-0.25, -0.2) is 19.0 Å². The minimum absolute atomic E-state index is 0.0366. The van der Waals surface area contributed by atoms with E-state index >= 15 is 0 Å². The first-order valence-corrected chi connectivity index (χ1v) is 17.0. The molecule has 7 rings (SSSR count). The fourth-order valence-electron chi connectivity index (χ4n) is 6.09.